The van der Waals surface area contributed by atoms with Crippen LogP contribution in [0.5, 0.6) is 0 Å². The molecule has 260 valence electrons. The highest BCUT2D eigenvalue weighted by molar-refractivity contribution is 8.54. The van der Waals surface area contributed by atoms with Crippen molar-refractivity contribution in [3.63, 3.8) is 0 Å². The molecule has 21 nitrogen and oxygen atoms in total. The summed E-state index contributed by atoms with van der Waals surface area (Å²) in [6.45, 7) is -3.32. The molecule has 2 aliphatic heterocycles. The van der Waals surface area contributed by atoms with Gasteiger partial charge in [-0.05, 0) is 24.1 Å². The number of hydrogen-bond donors (Lipinski definition) is 5. The number of anilines is 2. The molecule has 0 amide bonds. The summed E-state index contributed by atoms with van der Waals surface area (Å²) in [5.41, 5.74) is 10.5. The third-order valence-corrected chi connectivity index (χ3v) is 13.4. The van der Waals surface area contributed by atoms with Gasteiger partial charge in [0.05, 0.1) is 31.9 Å². The lowest BCUT2D eigenvalue weighted by Gasteiger charge is -2.34. The third-order valence-electron chi connectivity index (χ3n) is 8.74. The second-order valence-electron chi connectivity index (χ2n) is 11.8. The van der Waals surface area contributed by atoms with E-state index in [9.17, 15) is 24.1 Å². The SMILES string of the molecule is CO[P@@]1(=O)OC[C@@]2(C)C[C@@H](n3cnc4c(N)ncnc43)[C@H](O)[C@@H]2O[P@](=O)(SC)OC[C@H]2O[C@@H](n3cnc4c(=O)[nH]c(N)nc43)[C@H](O1)[C@@H]2O. The number of hydrogen-bond acceptors (Lipinski definition) is 19. The Kier molecular flexibility index (Phi) is 8.44. The van der Waals surface area contributed by atoms with Gasteiger partial charge in [-0.15, -0.1) is 0 Å². The maximum absolute atomic E-state index is 14.1. The van der Waals surface area contributed by atoms with Crippen LogP contribution in [-0.4, -0.2) is 106 Å². The van der Waals surface area contributed by atoms with Gasteiger partial charge in [0, 0.05) is 12.5 Å². The molecule has 4 aromatic heterocycles. The van der Waals surface area contributed by atoms with Crippen LogP contribution in [0.25, 0.3) is 22.3 Å². The maximum atomic E-state index is 14.1. The van der Waals surface area contributed by atoms with E-state index in [-0.39, 0.29) is 29.4 Å². The second kappa shape index (κ2) is 12.1. The summed E-state index contributed by atoms with van der Waals surface area (Å²) in [4.78, 5) is 35.5. The zero-order valence-corrected chi connectivity index (χ0v) is 28.2. The predicted octanol–water partition coefficient (Wildman–Crippen LogP) is 0.737. The summed E-state index contributed by atoms with van der Waals surface area (Å²) in [5, 5.41) is 23.1. The molecular weight excluding hydrogens is 698 g/mol. The summed E-state index contributed by atoms with van der Waals surface area (Å²) < 4.78 is 66.0. The first kappa shape index (κ1) is 33.5. The highest BCUT2D eigenvalue weighted by Crippen LogP contribution is 2.65. The quantitative estimate of drug-likeness (QED) is 0.181. The standard InChI is InChI=1S/C24H32N10O11P2S/c1-24-4-10(33-8-29-12-18(25)27-7-28-19(12)33)14(35)17(24)45-47(39,48-3)41-5-11-15(36)16(44-46(38,40-2)42-6-24)22(43-11)34-9-30-13-20(34)31-23(26)32-21(13)37/h7-11,14-17,22,35-36H,4-6H2,1-3H3,(H2,25,27,28)(H3,26,31,32,37)/t10-,11-,14+,15-,16-,17+,22-,24-,46+,47-/m1/s1. The number of nitrogens with one attached hydrogen (secondary N) is 1. The Balaban J connectivity index is 1.26. The van der Waals surface area contributed by atoms with Crippen LogP contribution >= 0.6 is 26.0 Å². The molecular formula is C24H32N10O11P2S. The van der Waals surface area contributed by atoms with Crippen molar-refractivity contribution in [3.8, 4) is 0 Å². The summed E-state index contributed by atoms with van der Waals surface area (Å²) >= 11 is 0.770. The van der Waals surface area contributed by atoms with Gasteiger partial charge >= 0.3 is 14.6 Å². The minimum atomic E-state index is -4.53. The molecule has 0 aromatic carbocycles. The molecule has 2 saturated heterocycles. The van der Waals surface area contributed by atoms with Crippen LogP contribution < -0.4 is 17.0 Å². The van der Waals surface area contributed by atoms with E-state index in [2.05, 4.69) is 29.9 Å². The molecule has 4 aromatic rings. The monoisotopic (exact) mass is 730 g/mol. The van der Waals surface area contributed by atoms with Gasteiger partial charge in [-0.1, -0.05) is 6.92 Å². The average Bonchev–Trinajstić information content (AvgIpc) is 3.81. The number of imidazole rings is 2. The van der Waals surface area contributed by atoms with E-state index in [1.165, 1.54) is 29.8 Å². The molecule has 24 heteroatoms. The number of ether oxygens (including phenoxy) is 1. The average molecular weight is 731 g/mol. The normalized spacial score (nSPS) is 37.6. The van der Waals surface area contributed by atoms with Crippen molar-refractivity contribution in [2.75, 3.05) is 38.0 Å². The number of aromatic nitrogens is 8. The van der Waals surface area contributed by atoms with Crippen LogP contribution in [0.3, 0.4) is 0 Å². The fraction of sp³-hybridized carbons (Fsp3) is 0.583. The van der Waals surface area contributed by atoms with Crippen LogP contribution in [0.1, 0.15) is 25.6 Å². The fourth-order valence-corrected chi connectivity index (χ4v) is 9.80. The molecule has 3 fully saturated rings. The van der Waals surface area contributed by atoms with Gasteiger partial charge in [0.25, 0.3) is 5.56 Å². The van der Waals surface area contributed by atoms with E-state index in [0.717, 1.165) is 18.5 Å². The van der Waals surface area contributed by atoms with Gasteiger partial charge in [-0.2, -0.15) is 4.98 Å². The number of aliphatic hydroxyl groups excluding tert-OH is 2. The summed E-state index contributed by atoms with van der Waals surface area (Å²) in [6, 6.07) is -0.753. The lowest BCUT2D eigenvalue weighted by Crippen LogP contribution is -2.39. The molecule has 0 spiro atoms. The fourth-order valence-electron chi connectivity index (χ4n) is 6.29. The zero-order chi connectivity index (χ0) is 34.2. The Bertz CT molecular complexity index is 2030. The second-order valence-corrected chi connectivity index (χ2v) is 17.6. The molecule has 6 heterocycles. The molecule has 3 aliphatic rings. The van der Waals surface area contributed by atoms with Crippen molar-refractivity contribution < 1.29 is 46.7 Å². The topological polar surface area (TPSA) is 289 Å². The molecule has 10 atom stereocenters. The van der Waals surface area contributed by atoms with Crippen LogP contribution in [-0.2, 0) is 36.5 Å². The van der Waals surface area contributed by atoms with Gasteiger partial charge in [0.15, 0.2) is 28.9 Å². The lowest BCUT2D eigenvalue weighted by molar-refractivity contribution is -0.0641. The van der Waals surface area contributed by atoms with Gasteiger partial charge in [0.2, 0.25) is 5.95 Å². The largest absolute Gasteiger partial charge is 0.475 e. The van der Waals surface area contributed by atoms with Crippen molar-refractivity contribution >= 4 is 60.1 Å². The smallest absolute Gasteiger partial charge is 0.388 e. The van der Waals surface area contributed by atoms with Crippen LogP contribution in [0, 0.1) is 5.41 Å². The zero-order valence-electron chi connectivity index (χ0n) is 25.6. The number of phosphoric ester groups is 1. The van der Waals surface area contributed by atoms with E-state index in [1.807, 2.05) is 0 Å². The first-order chi connectivity index (χ1) is 22.8. The Hall–Kier alpha value is -3.01. The third kappa shape index (κ3) is 5.54. The minimum absolute atomic E-state index is 0.0172. The summed E-state index contributed by atoms with van der Waals surface area (Å²) in [5.74, 6) is -0.0687. The van der Waals surface area contributed by atoms with Crippen molar-refractivity contribution in [1.82, 2.24) is 39.0 Å². The van der Waals surface area contributed by atoms with Crippen molar-refractivity contribution in [2.24, 2.45) is 5.41 Å². The summed E-state index contributed by atoms with van der Waals surface area (Å²) in [7, 11) is -3.44. The van der Waals surface area contributed by atoms with Crippen molar-refractivity contribution in [2.45, 2.75) is 56.1 Å². The Morgan fingerprint density at radius 3 is 2.56 bits per heavy atom. The number of rotatable bonds is 4. The van der Waals surface area contributed by atoms with E-state index < -0.39 is 81.6 Å². The Labute approximate surface area is 274 Å². The molecule has 48 heavy (non-hydrogen) atoms. The predicted molar refractivity (Wildman–Crippen MR) is 167 cm³/mol. The Morgan fingerprint density at radius 2 is 1.81 bits per heavy atom. The number of fused-ring (bicyclic) bond motifs is 5. The molecule has 7 N–H and O–H groups in total. The number of aromatic amines is 1. The van der Waals surface area contributed by atoms with E-state index in [0.29, 0.717) is 11.2 Å². The molecule has 0 radical (unpaired) electrons. The Morgan fingerprint density at radius 1 is 1.06 bits per heavy atom. The number of H-pyrrole nitrogens is 1. The van der Waals surface area contributed by atoms with Crippen LogP contribution in [0.15, 0.2) is 23.8 Å². The van der Waals surface area contributed by atoms with Crippen molar-refractivity contribution in [3.05, 3.63) is 29.3 Å². The van der Waals surface area contributed by atoms with Gasteiger partial charge in [-0.3, -0.25) is 37.0 Å². The van der Waals surface area contributed by atoms with Gasteiger partial charge in [-0.25, -0.2) is 29.1 Å². The molecule has 1 saturated carbocycles. The first-order valence-corrected chi connectivity index (χ1v) is 19.3. The minimum Gasteiger partial charge on any atom is -0.388 e. The van der Waals surface area contributed by atoms with Gasteiger partial charge < -0.3 is 31.0 Å². The van der Waals surface area contributed by atoms with Crippen LogP contribution in [0.2, 0.25) is 0 Å². The lowest BCUT2D eigenvalue weighted by atomic mass is 9.87. The van der Waals surface area contributed by atoms with Crippen molar-refractivity contribution in [1.29, 1.82) is 0 Å². The molecule has 0 unspecified atom stereocenters. The molecule has 2 bridgehead atoms. The number of nitrogens with zero attached hydrogens (tertiary/aromatic N) is 7. The highest BCUT2D eigenvalue weighted by Gasteiger charge is 2.57. The first-order valence-electron chi connectivity index (χ1n) is 14.4. The molecule has 7 rings (SSSR count). The van der Waals surface area contributed by atoms with Gasteiger partial charge in [0.1, 0.15) is 42.4 Å². The summed E-state index contributed by atoms with van der Waals surface area (Å²) in [6.07, 6.45) is -2.61. The molecule has 1 aliphatic carbocycles. The maximum Gasteiger partial charge on any atom is 0.475 e. The number of aliphatic hydroxyl groups is 2. The number of phosphoric acid groups is 1. The van der Waals surface area contributed by atoms with Crippen LogP contribution in [0.4, 0.5) is 11.8 Å². The number of nitrogens with two attached hydrogens (primary N) is 2. The van der Waals surface area contributed by atoms with E-state index in [4.69, 9.17) is 38.8 Å². The van der Waals surface area contributed by atoms with E-state index >= 15 is 0 Å². The number of nitrogen functional groups attached to an aromatic ring is 2. The highest BCUT2D eigenvalue weighted by atomic mass is 32.7. The van der Waals surface area contributed by atoms with E-state index in [1.54, 1.807) is 11.5 Å².